The lowest BCUT2D eigenvalue weighted by atomic mass is 9.89. The van der Waals surface area contributed by atoms with Crippen LogP contribution in [0.3, 0.4) is 0 Å². The number of rotatable bonds is 1. The van der Waals surface area contributed by atoms with E-state index >= 15 is 0 Å². The van der Waals surface area contributed by atoms with Crippen LogP contribution in [0.1, 0.15) is 23.4 Å². The van der Waals surface area contributed by atoms with Crippen molar-refractivity contribution >= 4 is 16.6 Å². The van der Waals surface area contributed by atoms with Crippen molar-refractivity contribution in [3.05, 3.63) is 57.9 Å². The van der Waals surface area contributed by atoms with Crippen LogP contribution in [-0.2, 0) is 0 Å². The average molecular weight is 363 g/mol. The number of nitrogens with two attached hydrogens (primary N) is 1. The number of benzene rings is 2. The Bertz CT molecular complexity index is 1150. The number of hydrogen-bond donors (Lipinski definition) is 2. The van der Waals surface area contributed by atoms with E-state index in [0.717, 1.165) is 38.8 Å². The molecule has 5 rings (SSSR count). The molecular formula is C21H21N3O3. The Labute approximate surface area is 156 Å². The lowest BCUT2D eigenvalue weighted by molar-refractivity contribution is 0.174. The van der Waals surface area contributed by atoms with Crippen LogP contribution < -0.4 is 20.9 Å². The first-order valence-corrected chi connectivity index (χ1v) is 9.09. The summed E-state index contributed by atoms with van der Waals surface area (Å²) in [6.45, 7) is 2.61. The largest absolute Gasteiger partial charge is 0.487 e. The number of aliphatic hydroxyl groups excluding tert-OH is 1. The summed E-state index contributed by atoms with van der Waals surface area (Å²) in [5.74, 6) is 0.643. The molecule has 2 aliphatic heterocycles. The Morgan fingerprint density at radius 1 is 1.26 bits per heavy atom. The maximum Gasteiger partial charge on any atom is 0.251 e. The molecule has 0 fully saturated rings. The fourth-order valence-electron chi connectivity index (χ4n) is 4.40. The van der Waals surface area contributed by atoms with Crippen molar-refractivity contribution in [3.63, 3.8) is 0 Å². The molecular weight excluding hydrogens is 342 g/mol. The van der Waals surface area contributed by atoms with Gasteiger partial charge in [0.25, 0.3) is 5.56 Å². The van der Waals surface area contributed by atoms with Gasteiger partial charge in [-0.15, -0.1) is 0 Å². The molecule has 0 amide bonds. The Hall–Kier alpha value is -2.83. The SMILES string of the molecule is Cc1cc(=O)n2c3c(c4c(cc13)-c1ccccc1C(O)N4C)OC[C@@H]2CN. The molecule has 3 N–H and O–H groups in total. The van der Waals surface area contributed by atoms with E-state index in [1.165, 1.54) is 0 Å². The van der Waals surface area contributed by atoms with Gasteiger partial charge in [-0.25, -0.2) is 0 Å². The summed E-state index contributed by atoms with van der Waals surface area (Å²) in [6, 6.07) is 11.4. The molecule has 27 heavy (non-hydrogen) atoms. The number of ether oxygens (including phenoxy) is 1. The molecule has 0 spiro atoms. The van der Waals surface area contributed by atoms with Gasteiger partial charge in [-0.3, -0.25) is 9.36 Å². The number of pyridine rings is 1. The maximum atomic E-state index is 12.7. The summed E-state index contributed by atoms with van der Waals surface area (Å²) < 4.78 is 7.90. The first-order chi connectivity index (χ1) is 13.0. The number of aliphatic hydroxyl groups is 1. The van der Waals surface area contributed by atoms with Crippen LogP contribution in [-0.4, -0.2) is 29.9 Å². The third-order valence-electron chi connectivity index (χ3n) is 5.78. The minimum Gasteiger partial charge on any atom is -0.487 e. The first-order valence-electron chi connectivity index (χ1n) is 9.09. The molecule has 0 saturated carbocycles. The smallest absolute Gasteiger partial charge is 0.251 e. The standard InChI is InChI=1S/C21H21N3O3/c1-11-7-17(25)24-12(9-22)10-27-20-18-16(8-15(11)19(20)24)13-5-3-4-6-14(13)21(26)23(18)2/h3-8,12,21,26H,9-10,22H2,1-2H3/t12-,21?/m0/s1. The highest BCUT2D eigenvalue weighted by atomic mass is 16.5. The Morgan fingerprint density at radius 3 is 2.81 bits per heavy atom. The zero-order valence-electron chi connectivity index (χ0n) is 15.3. The van der Waals surface area contributed by atoms with Crippen molar-refractivity contribution in [2.75, 3.05) is 25.1 Å². The predicted molar refractivity (Wildman–Crippen MR) is 105 cm³/mol. The zero-order chi connectivity index (χ0) is 18.9. The molecule has 3 heterocycles. The highest BCUT2D eigenvalue weighted by molar-refractivity contribution is 6.02. The van der Waals surface area contributed by atoms with Gasteiger partial charge in [-0.2, -0.15) is 0 Å². The van der Waals surface area contributed by atoms with Crippen LogP contribution in [0.5, 0.6) is 5.75 Å². The molecule has 138 valence electrons. The van der Waals surface area contributed by atoms with Crippen molar-refractivity contribution in [1.29, 1.82) is 0 Å². The molecule has 0 bridgehead atoms. The van der Waals surface area contributed by atoms with Crippen LogP contribution in [0.2, 0.25) is 0 Å². The molecule has 2 aromatic carbocycles. The number of aromatic nitrogens is 1. The minimum absolute atomic E-state index is 0.0700. The molecule has 6 heteroatoms. The van der Waals surface area contributed by atoms with E-state index < -0.39 is 6.23 Å². The van der Waals surface area contributed by atoms with Gasteiger partial charge in [0.05, 0.1) is 17.2 Å². The lowest BCUT2D eigenvalue weighted by Crippen LogP contribution is -2.37. The highest BCUT2D eigenvalue weighted by Gasteiger charge is 2.34. The topological polar surface area (TPSA) is 80.7 Å². The number of nitrogens with zero attached hydrogens (tertiary/aromatic N) is 2. The Kier molecular flexibility index (Phi) is 3.38. The molecule has 2 aliphatic rings. The fourth-order valence-corrected chi connectivity index (χ4v) is 4.40. The van der Waals surface area contributed by atoms with E-state index in [0.29, 0.717) is 18.9 Å². The van der Waals surface area contributed by atoms with Crippen molar-refractivity contribution in [1.82, 2.24) is 4.57 Å². The maximum absolute atomic E-state index is 12.7. The number of anilines is 1. The van der Waals surface area contributed by atoms with Gasteiger partial charge in [0.1, 0.15) is 6.61 Å². The van der Waals surface area contributed by atoms with Gasteiger partial charge in [0.2, 0.25) is 0 Å². The quantitative estimate of drug-likeness (QED) is 0.693. The van der Waals surface area contributed by atoms with E-state index in [-0.39, 0.29) is 11.6 Å². The molecule has 0 saturated heterocycles. The van der Waals surface area contributed by atoms with E-state index in [1.807, 2.05) is 43.1 Å². The average Bonchev–Trinajstić information content (AvgIpc) is 2.68. The monoisotopic (exact) mass is 363 g/mol. The van der Waals surface area contributed by atoms with Crippen molar-refractivity contribution in [2.45, 2.75) is 19.2 Å². The first kappa shape index (κ1) is 16.4. The summed E-state index contributed by atoms with van der Waals surface area (Å²) >= 11 is 0. The summed E-state index contributed by atoms with van der Waals surface area (Å²) in [4.78, 5) is 14.6. The summed E-state index contributed by atoms with van der Waals surface area (Å²) in [5, 5.41) is 11.8. The summed E-state index contributed by atoms with van der Waals surface area (Å²) in [5.41, 5.74) is 11.2. The van der Waals surface area contributed by atoms with Gasteiger partial charge >= 0.3 is 0 Å². The normalized spacial score (nSPS) is 20.2. The molecule has 6 nitrogen and oxygen atoms in total. The predicted octanol–water partition coefficient (Wildman–Crippen LogP) is 2.31. The number of hydrogen-bond acceptors (Lipinski definition) is 5. The Balaban J connectivity index is 1.97. The van der Waals surface area contributed by atoms with Crippen LogP contribution in [0.4, 0.5) is 5.69 Å². The third kappa shape index (κ3) is 2.05. The molecule has 0 aliphatic carbocycles. The van der Waals surface area contributed by atoms with E-state index in [9.17, 15) is 9.90 Å². The van der Waals surface area contributed by atoms with Gasteiger partial charge < -0.3 is 20.5 Å². The second kappa shape index (κ2) is 5.58. The van der Waals surface area contributed by atoms with Crippen molar-refractivity contribution in [3.8, 4) is 16.9 Å². The van der Waals surface area contributed by atoms with Gasteiger partial charge in [-0.1, -0.05) is 24.3 Å². The minimum atomic E-state index is -0.775. The fraction of sp³-hybridized carbons (Fsp3) is 0.286. The molecule has 2 atom stereocenters. The van der Waals surface area contributed by atoms with Crippen LogP contribution in [0.25, 0.3) is 22.0 Å². The van der Waals surface area contributed by atoms with Crippen LogP contribution >= 0.6 is 0 Å². The molecule has 1 aromatic heterocycles. The van der Waals surface area contributed by atoms with Crippen LogP contribution in [0.15, 0.2) is 41.2 Å². The molecule has 1 unspecified atom stereocenters. The lowest BCUT2D eigenvalue weighted by Gasteiger charge is -2.38. The summed E-state index contributed by atoms with van der Waals surface area (Å²) in [6.07, 6.45) is -0.775. The van der Waals surface area contributed by atoms with Gasteiger partial charge in [-0.05, 0) is 24.1 Å². The van der Waals surface area contributed by atoms with E-state index in [2.05, 4.69) is 6.07 Å². The van der Waals surface area contributed by atoms with E-state index in [4.69, 9.17) is 10.5 Å². The van der Waals surface area contributed by atoms with Gasteiger partial charge in [0, 0.05) is 36.2 Å². The number of aryl methyl sites for hydroxylation is 1. The molecule has 3 aromatic rings. The Morgan fingerprint density at radius 2 is 2.04 bits per heavy atom. The summed E-state index contributed by atoms with van der Waals surface area (Å²) in [7, 11) is 1.85. The second-order valence-corrected chi connectivity index (χ2v) is 7.31. The van der Waals surface area contributed by atoms with Crippen molar-refractivity contribution in [2.24, 2.45) is 5.73 Å². The second-order valence-electron chi connectivity index (χ2n) is 7.31. The zero-order valence-corrected chi connectivity index (χ0v) is 15.3. The number of fused-ring (bicyclic) bond motifs is 4. The molecule has 0 radical (unpaired) electrons. The van der Waals surface area contributed by atoms with Gasteiger partial charge in [0.15, 0.2) is 12.0 Å². The highest BCUT2D eigenvalue weighted by Crippen LogP contribution is 2.52. The van der Waals surface area contributed by atoms with Crippen LogP contribution in [0, 0.1) is 6.92 Å². The van der Waals surface area contributed by atoms with E-state index in [1.54, 1.807) is 10.6 Å². The third-order valence-corrected chi connectivity index (χ3v) is 5.78. The van der Waals surface area contributed by atoms with Crippen molar-refractivity contribution < 1.29 is 9.84 Å².